The second kappa shape index (κ2) is 6.69. The van der Waals surface area contributed by atoms with Gasteiger partial charge in [-0.1, -0.05) is 27.2 Å². The Labute approximate surface area is 99.2 Å². The molecule has 16 heavy (non-hydrogen) atoms. The molecule has 1 heterocycles. The summed E-state index contributed by atoms with van der Waals surface area (Å²) < 4.78 is 2.09. The van der Waals surface area contributed by atoms with Crippen molar-refractivity contribution in [3.8, 4) is 0 Å². The first-order valence-corrected chi connectivity index (χ1v) is 6.41. The number of rotatable bonds is 7. The van der Waals surface area contributed by atoms with Crippen molar-refractivity contribution in [2.75, 3.05) is 6.54 Å². The lowest BCUT2D eigenvalue weighted by Crippen LogP contribution is -2.14. The van der Waals surface area contributed by atoms with Crippen molar-refractivity contribution in [2.24, 2.45) is 5.92 Å². The fourth-order valence-corrected chi connectivity index (χ4v) is 1.67. The maximum Gasteiger partial charge on any atom is 0.0638 e. The minimum atomic E-state index is 0.704. The van der Waals surface area contributed by atoms with Crippen LogP contribution >= 0.6 is 0 Å². The Hall–Kier alpha value is -0.830. The Morgan fingerprint density at radius 2 is 2.19 bits per heavy atom. The standard InChI is InChI=1S/C13H25N3/c1-5-7-14-8-13-10-16(15-12(13)4)9-11(3)6-2/h10-11,14H,5-9H2,1-4H3. The molecule has 92 valence electrons. The van der Waals surface area contributed by atoms with Crippen LogP contribution in [0.5, 0.6) is 0 Å². The summed E-state index contributed by atoms with van der Waals surface area (Å²) in [6.07, 6.45) is 4.58. The molecule has 3 nitrogen and oxygen atoms in total. The second-order valence-electron chi connectivity index (χ2n) is 4.65. The van der Waals surface area contributed by atoms with Gasteiger partial charge in [-0.05, 0) is 25.8 Å². The minimum absolute atomic E-state index is 0.704. The number of nitrogens with one attached hydrogen (secondary N) is 1. The molecule has 0 bridgehead atoms. The fourth-order valence-electron chi connectivity index (χ4n) is 1.67. The van der Waals surface area contributed by atoms with E-state index in [0.29, 0.717) is 5.92 Å². The average molecular weight is 223 g/mol. The summed E-state index contributed by atoms with van der Waals surface area (Å²) in [4.78, 5) is 0. The van der Waals surface area contributed by atoms with E-state index in [4.69, 9.17) is 0 Å². The zero-order valence-electron chi connectivity index (χ0n) is 11.1. The number of aromatic nitrogens is 2. The third-order valence-electron chi connectivity index (χ3n) is 2.99. The van der Waals surface area contributed by atoms with Crippen molar-refractivity contribution in [1.82, 2.24) is 15.1 Å². The highest BCUT2D eigenvalue weighted by atomic mass is 15.3. The number of nitrogens with zero attached hydrogens (tertiary/aromatic N) is 2. The molecule has 0 radical (unpaired) electrons. The molecular weight excluding hydrogens is 198 g/mol. The number of hydrogen-bond acceptors (Lipinski definition) is 2. The first kappa shape index (κ1) is 13.2. The number of aryl methyl sites for hydroxylation is 1. The summed E-state index contributed by atoms with van der Waals surface area (Å²) in [6.45, 7) is 11.8. The van der Waals surface area contributed by atoms with Gasteiger partial charge in [-0.2, -0.15) is 5.10 Å². The van der Waals surface area contributed by atoms with Gasteiger partial charge in [0, 0.05) is 24.8 Å². The zero-order chi connectivity index (χ0) is 12.0. The molecule has 0 saturated carbocycles. The quantitative estimate of drug-likeness (QED) is 0.720. The largest absolute Gasteiger partial charge is 0.313 e. The van der Waals surface area contributed by atoms with E-state index < -0.39 is 0 Å². The van der Waals surface area contributed by atoms with E-state index in [2.05, 4.69) is 49.0 Å². The van der Waals surface area contributed by atoms with Gasteiger partial charge >= 0.3 is 0 Å². The highest BCUT2D eigenvalue weighted by Crippen LogP contribution is 2.09. The molecule has 1 N–H and O–H groups in total. The molecule has 1 aromatic heterocycles. The van der Waals surface area contributed by atoms with Crippen LogP contribution in [0.3, 0.4) is 0 Å². The molecule has 0 fully saturated rings. The first-order chi connectivity index (χ1) is 7.67. The normalized spacial score (nSPS) is 13.0. The van der Waals surface area contributed by atoms with Crippen molar-refractivity contribution in [3.05, 3.63) is 17.5 Å². The molecule has 1 unspecified atom stereocenters. The molecule has 0 aliphatic heterocycles. The third-order valence-corrected chi connectivity index (χ3v) is 2.99. The maximum absolute atomic E-state index is 4.55. The molecule has 0 aliphatic rings. The summed E-state index contributed by atoms with van der Waals surface area (Å²) in [5.41, 5.74) is 2.49. The summed E-state index contributed by atoms with van der Waals surface area (Å²) in [6, 6.07) is 0. The van der Waals surface area contributed by atoms with Gasteiger partial charge in [0.1, 0.15) is 0 Å². The summed E-state index contributed by atoms with van der Waals surface area (Å²) in [7, 11) is 0. The molecule has 0 aromatic carbocycles. The van der Waals surface area contributed by atoms with Crippen molar-refractivity contribution in [1.29, 1.82) is 0 Å². The monoisotopic (exact) mass is 223 g/mol. The Morgan fingerprint density at radius 1 is 1.44 bits per heavy atom. The molecule has 1 rings (SSSR count). The highest BCUT2D eigenvalue weighted by Gasteiger charge is 2.06. The topological polar surface area (TPSA) is 29.9 Å². The van der Waals surface area contributed by atoms with Gasteiger partial charge in [0.25, 0.3) is 0 Å². The SMILES string of the molecule is CCCNCc1cn(CC(C)CC)nc1C. The molecule has 1 aromatic rings. The molecular formula is C13H25N3. The Kier molecular flexibility index (Phi) is 5.53. The first-order valence-electron chi connectivity index (χ1n) is 6.41. The molecule has 0 spiro atoms. The van der Waals surface area contributed by atoms with Crippen LogP contribution in [-0.2, 0) is 13.1 Å². The van der Waals surface area contributed by atoms with Crippen LogP contribution in [0.25, 0.3) is 0 Å². The lowest BCUT2D eigenvalue weighted by atomic mass is 10.1. The Balaban J connectivity index is 2.52. The van der Waals surface area contributed by atoms with E-state index in [9.17, 15) is 0 Å². The van der Waals surface area contributed by atoms with Gasteiger partial charge in [0.2, 0.25) is 0 Å². The lowest BCUT2D eigenvalue weighted by molar-refractivity contribution is 0.437. The maximum atomic E-state index is 4.55. The molecule has 0 aliphatic carbocycles. The Morgan fingerprint density at radius 3 is 2.81 bits per heavy atom. The van der Waals surface area contributed by atoms with Crippen LogP contribution in [0.2, 0.25) is 0 Å². The molecule has 0 amide bonds. The molecule has 1 atom stereocenters. The van der Waals surface area contributed by atoms with Gasteiger partial charge < -0.3 is 5.32 Å². The van der Waals surface area contributed by atoms with Crippen LogP contribution in [0.4, 0.5) is 0 Å². The second-order valence-corrected chi connectivity index (χ2v) is 4.65. The Bertz CT molecular complexity index is 304. The van der Waals surface area contributed by atoms with E-state index in [1.807, 2.05) is 0 Å². The third kappa shape index (κ3) is 3.97. The van der Waals surface area contributed by atoms with Gasteiger partial charge in [-0.15, -0.1) is 0 Å². The predicted molar refractivity (Wildman–Crippen MR) is 68.4 cm³/mol. The van der Waals surface area contributed by atoms with Crippen LogP contribution in [0.15, 0.2) is 6.20 Å². The van der Waals surface area contributed by atoms with Crippen molar-refractivity contribution < 1.29 is 0 Å². The summed E-state index contributed by atoms with van der Waals surface area (Å²) >= 11 is 0. The predicted octanol–water partition coefficient (Wildman–Crippen LogP) is 2.74. The van der Waals surface area contributed by atoms with Crippen LogP contribution in [-0.4, -0.2) is 16.3 Å². The fraction of sp³-hybridized carbons (Fsp3) is 0.769. The van der Waals surface area contributed by atoms with E-state index in [1.165, 1.54) is 18.4 Å². The smallest absolute Gasteiger partial charge is 0.0638 e. The van der Waals surface area contributed by atoms with Crippen molar-refractivity contribution >= 4 is 0 Å². The molecule has 0 saturated heterocycles. The van der Waals surface area contributed by atoms with Crippen LogP contribution < -0.4 is 5.32 Å². The van der Waals surface area contributed by atoms with Gasteiger partial charge in [-0.3, -0.25) is 4.68 Å². The van der Waals surface area contributed by atoms with Crippen LogP contribution in [0.1, 0.15) is 44.9 Å². The van der Waals surface area contributed by atoms with Crippen molar-refractivity contribution in [2.45, 2.75) is 53.6 Å². The van der Waals surface area contributed by atoms with Gasteiger partial charge in [0.15, 0.2) is 0 Å². The van der Waals surface area contributed by atoms with Gasteiger partial charge in [0.05, 0.1) is 5.69 Å². The van der Waals surface area contributed by atoms with E-state index in [0.717, 1.165) is 25.3 Å². The number of hydrogen-bond donors (Lipinski definition) is 1. The summed E-state index contributed by atoms with van der Waals surface area (Å²) in [5, 5.41) is 7.97. The molecule has 3 heteroatoms. The lowest BCUT2D eigenvalue weighted by Gasteiger charge is -2.07. The zero-order valence-corrected chi connectivity index (χ0v) is 11.1. The highest BCUT2D eigenvalue weighted by molar-refractivity contribution is 5.15. The van der Waals surface area contributed by atoms with Gasteiger partial charge in [-0.25, -0.2) is 0 Å². The van der Waals surface area contributed by atoms with E-state index in [1.54, 1.807) is 0 Å². The average Bonchev–Trinajstić information content (AvgIpc) is 2.59. The summed E-state index contributed by atoms with van der Waals surface area (Å²) in [5.74, 6) is 0.704. The van der Waals surface area contributed by atoms with E-state index >= 15 is 0 Å². The van der Waals surface area contributed by atoms with E-state index in [-0.39, 0.29) is 0 Å². The minimum Gasteiger partial charge on any atom is -0.313 e. The van der Waals surface area contributed by atoms with Crippen LogP contribution in [0, 0.1) is 12.8 Å². The van der Waals surface area contributed by atoms with Crippen molar-refractivity contribution in [3.63, 3.8) is 0 Å².